The minimum Gasteiger partial charge on any atom is -0.401 e. The van der Waals surface area contributed by atoms with Crippen molar-refractivity contribution >= 4 is 5.91 Å². The third-order valence-corrected chi connectivity index (χ3v) is 3.92. The number of hydrogen-bond acceptors (Lipinski definition) is 4. The Hall–Kier alpha value is -1.75. The van der Waals surface area contributed by atoms with Gasteiger partial charge in [-0.05, 0) is 36.0 Å². The van der Waals surface area contributed by atoms with Crippen molar-refractivity contribution in [2.75, 3.05) is 19.6 Å². The van der Waals surface area contributed by atoms with Crippen LogP contribution in [0.3, 0.4) is 0 Å². The van der Waals surface area contributed by atoms with Gasteiger partial charge in [-0.15, -0.1) is 0 Å². The number of nitrogens with zero attached hydrogens (tertiary/aromatic N) is 2. The fourth-order valence-electron chi connectivity index (χ4n) is 2.72. The van der Waals surface area contributed by atoms with Gasteiger partial charge in [-0.1, -0.05) is 13.0 Å². The van der Waals surface area contributed by atoms with E-state index in [1.807, 2.05) is 11.8 Å². The molecule has 20 heavy (non-hydrogen) atoms. The first-order valence-electron chi connectivity index (χ1n) is 7.14. The predicted molar refractivity (Wildman–Crippen MR) is 80.1 cm³/mol. The van der Waals surface area contributed by atoms with Gasteiger partial charge in [0.1, 0.15) is 0 Å². The molecule has 0 saturated carbocycles. The van der Waals surface area contributed by atoms with Gasteiger partial charge in [-0.25, -0.2) is 5.84 Å². The van der Waals surface area contributed by atoms with Crippen molar-refractivity contribution in [1.82, 2.24) is 9.91 Å². The highest BCUT2D eigenvalue weighted by Crippen LogP contribution is 2.31. The summed E-state index contributed by atoms with van der Waals surface area (Å²) in [5.74, 6) is 6.13. The standard InChI is InChI=1S/C15H24N4O/c1-3-14(16)9-19(17)8-13-6-4-5-12-7-18(11(2)20)10-15(12)13/h6,9H,3-5,7-8,10,16-17H2,1-2H3/b14-9-. The second-order valence-corrected chi connectivity index (χ2v) is 5.46. The number of hydrogen-bond donors (Lipinski definition) is 2. The monoisotopic (exact) mass is 276 g/mol. The lowest BCUT2D eigenvalue weighted by molar-refractivity contribution is -0.127. The van der Waals surface area contributed by atoms with Gasteiger partial charge in [0.25, 0.3) is 0 Å². The molecule has 0 saturated heterocycles. The minimum atomic E-state index is 0.137. The van der Waals surface area contributed by atoms with Crippen molar-refractivity contribution in [1.29, 1.82) is 0 Å². The van der Waals surface area contributed by atoms with Gasteiger partial charge < -0.3 is 15.6 Å². The van der Waals surface area contributed by atoms with Crippen LogP contribution in [0, 0.1) is 0 Å². The van der Waals surface area contributed by atoms with Crippen LogP contribution in [-0.4, -0.2) is 35.5 Å². The van der Waals surface area contributed by atoms with Crippen molar-refractivity contribution < 1.29 is 4.79 Å². The second kappa shape index (κ2) is 6.13. The molecule has 5 nitrogen and oxygen atoms in total. The summed E-state index contributed by atoms with van der Waals surface area (Å²) >= 11 is 0. The van der Waals surface area contributed by atoms with Crippen LogP contribution in [0.1, 0.15) is 33.1 Å². The fraction of sp³-hybridized carbons (Fsp3) is 0.533. The Morgan fingerprint density at radius 1 is 1.50 bits per heavy atom. The average Bonchev–Trinajstić information content (AvgIpc) is 2.83. The normalized spacial score (nSPS) is 19.1. The molecule has 0 bridgehead atoms. The van der Waals surface area contributed by atoms with Crippen molar-refractivity contribution in [3.8, 4) is 0 Å². The highest BCUT2D eigenvalue weighted by Gasteiger charge is 2.27. The summed E-state index contributed by atoms with van der Waals surface area (Å²) in [5, 5.41) is 1.64. The Labute approximate surface area is 120 Å². The SMILES string of the molecule is CC/C(N)=C/N(N)CC1=CCCC2=C1CN(C(C)=O)C2. The Balaban J connectivity index is 2.06. The van der Waals surface area contributed by atoms with Crippen LogP contribution in [0.4, 0.5) is 0 Å². The van der Waals surface area contributed by atoms with Crippen LogP contribution < -0.4 is 11.6 Å². The van der Waals surface area contributed by atoms with E-state index in [1.165, 1.54) is 16.7 Å². The molecule has 0 atom stereocenters. The van der Waals surface area contributed by atoms with Crippen LogP contribution >= 0.6 is 0 Å². The maximum absolute atomic E-state index is 11.5. The first-order valence-corrected chi connectivity index (χ1v) is 7.14. The van der Waals surface area contributed by atoms with Crippen molar-refractivity contribution in [3.05, 3.63) is 34.7 Å². The zero-order valence-electron chi connectivity index (χ0n) is 12.4. The van der Waals surface area contributed by atoms with E-state index in [9.17, 15) is 4.79 Å². The van der Waals surface area contributed by atoms with Crippen molar-refractivity contribution in [3.63, 3.8) is 0 Å². The van der Waals surface area contributed by atoms with Gasteiger partial charge in [0.05, 0.1) is 6.54 Å². The summed E-state index contributed by atoms with van der Waals surface area (Å²) in [4.78, 5) is 13.4. The topological polar surface area (TPSA) is 75.6 Å². The highest BCUT2D eigenvalue weighted by molar-refractivity contribution is 5.75. The average molecular weight is 276 g/mol. The first kappa shape index (κ1) is 14.7. The molecule has 0 unspecified atom stereocenters. The first-order chi connectivity index (χ1) is 9.51. The quantitative estimate of drug-likeness (QED) is 0.598. The summed E-state index contributed by atoms with van der Waals surface area (Å²) in [7, 11) is 0. The minimum absolute atomic E-state index is 0.137. The van der Waals surface area contributed by atoms with E-state index in [4.69, 9.17) is 11.6 Å². The van der Waals surface area contributed by atoms with E-state index in [0.717, 1.165) is 38.0 Å². The fourth-order valence-corrected chi connectivity index (χ4v) is 2.72. The van der Waals surface area contributed by atoms with Gasteiger partial charge in [0.2, 0.25) is 5.91 Å². The highest BCUT2D eigenvalue weighted by atomic mass is 16.2. The molecule has 1 aliphatic heterocycles. The number of hydrazine groups is 1. The Bertz CT molecular complexity index is 490. The zero-order chi connectivity index (χ0) is 14.7. The van der Waals surface area contributed by atoms with Gasteiger partial charge >= 0.3 is 0 Å². The summed E-state index contributed by atoms with van der Waals surface area (Å²) < 4.78 is 0. The van der Waals surface area contributed by atoms with Gasteiger partial charge in [0, 0.05) is 31.9 Å². The summed E-state index contributed by atoms with van der Waals surface area (Å²) in [6, 6.07) is 0. The molecule has 0 radical (unpaired) electrons. The molecule has 0 aromatic rings. The lowest BCUT2D eigenvalue weighted by atomic mass is 9.93. The molecule has 0 fully saturated rings. The van der Waals surface area contributed by atoms with Crippen LogP contribution in [0.25, 0.3) is 0 Å². The van der Waals surface area contributed by atoms with Crippen molar-refractivity contribution in [2.45, 2.75) is 33.1 Å². The van der Waals surface area contributed by atoms with E-state index in [-0.39, 0.29) is 5.91 Å². The van der Waals surface area contributed by atoms with E-state index < -0.39 is 0 Å². The number of carbonyl (C=O) groups excluding carboxylic acids is 1. The molecule has 110 valence electrons. The third-order valence-electron chi connectivity index (χ3n) is 3.92. The van der Waals surface area contributed by atoms with E-state index in [0.29, 0.717) is 6.54 Å². The molecule has 0 aromatic heterocycles. The maximum Gasteiger partial charge on any atom is 0.220 e. The molecule has 0 aromatic carbocycles. The number of rotatable bonds is 4. The van der Waals surface area contributed by atoms with Crippen LogP contribution in [0.5, 0.6) is 0 Å². The lowest BCUT2D eigenvalue weighted by Crippen LogP contribution is -2.30. The predicted octanol–water partition coefficient (Wildman–Crippen LogP) is 1.25. The molecular formula is C15H24N4O. The van der Waals surface area contributed by atoms with Crippen LogP contribution in [0.15, 0.2) is 34.7 Å². The molecular weight excluding hydrogens is 252 g/mol. The second-order valence-electron chi connectivity index (χ2n) is 5.46. The molecule has 2 aliphatic rings. The van der Waals surface area contributed by atoms with Gasteiger partial charge in [0.15, 0.2) is 0 Å². The van der Waals surface area contributed by atoms with E-state index in [2.05, 4.69) is 6.08 Å². The number of allylic oxidation sites excluding steroid dienone is 2. The molecule has 0 spiro atoms. The molecule has 5 heteroatoms. The molecule has 1 aliphatic carbocycles. The Morgan fingerprint density at radius 3 is 2.90 bits per heavy atom. The zero-order valence-corrected chi connectivity index (χ0v) is 12.4. The van der Waals surface area contributed by atoms with E-state index >= 15 is 0 Å². The Morgan fingerprint density at radius 2 is 2.25 bits per heavy atom. The number of amides is 1. The summed E-state index contributed by atoms with van der Waals surface area (Å²) in [5.41, 5.74) is 10.5. The lowest BCUT2D eigenvalue weighted by Gasteiger charge is -2.21. The molecule has 1 amide bonds. The molecule has 2 rings (SSSR count). The third kappa shape index (κ3) is 3.22. The largest absolute Gasteiger partial charge is 0.401 e. The summed E-state index contributed by atoms with van der Waals surface area (Å²) in [6.07, 6.45) is 6.89. The molecule has 1 heterocycles. The van der Waals surface area contributed by atoms with Gasteiger partial charge in [-0.3, -0.25) is 4.79 Å². The van der Waals surface area contributed by atoms with Gasteiger partial charge in [-0.2, -0.15) is 0 Å². The summed E-state index contributed by atoms with van der Waals surface area (Å²) in [6.45, 7) is 5.77. The Kier molecular flexibility index (Phi) is 4.49. The van der Waals surface area contributed by atoms with E-state index in [1.54, 1.807) is 18.1 Å². The maximum atomic E-state index is 11.5. The van der Waals surface area contributed by atoms with Crippen molar-refractivity contribution in [2.24, 2.45) is 11.6 Å². The van der Waals surface area contributed by atoms with Crippen LogP contribution in [0.2, 0.25) is 0 Å². The van der Waals surface area contributed by atoms with Crippen LogP contribution in [-0.2, 0) is 4.79 Å². The smallest absolute Gasteiger partial charge is 0.220 e. The molecule has 4 N–H and O–H groups in total. The number of nitrogens with two attached hydrogens (primary N) is 2. The number of carbonyl (C=O) groups is 1.